The van der Waals surface area contributed by atoms with Crippen LogP contribution in [0, 0.1) is 5.92 Å². The molecule has 0 aliphatic carbocycles. The first kappa shape index (κ1) is 29.5. The van der Waals surface area contributed by atoms with Crippen LogP contribution >= 0.6 is 0 Å². The molecular formula is C23H35N5O7. The van der Waals surface area contributed by atoms with Crippen LogP contribution in [-0.2, 0) is 30.4 Å². The number of carbonyl (C=O) groups excluding carboxylic acids is 4. The van der Waals surface area contributed by atoms with Crippen molar-refractivity contribution in [3.63, 3.8) is 0 Å². The highest BCUT2D eigenvalue weighted by atomic mass is 16.4. The number of nitrogens with two attached hydrogens (primary N) is 2. The number of rotatable bonds is 14. The molecule has 4 amide bonds. The molecule has 6 unspecified atom stereocenters. The number of nitrogens with one attached hydrogen (secondary N) is 3. The predicted molar refractivity (Wildman–Crippen MR) is 126 cm³/mol. The van der Waals surface area contributed by atoms with Gasteiger partial charge in [-0.2, -0.15) is 0 Å². The Morgan fingerprint density at radius 3 is 1.94 bits per heavy atom. The number of hydrogen-bond acceptors (Lipinski definition) is 7. The molecule has 12 heteroatoms. The Kier molecular flexibility index (Phi) is 11.8. The van der Waals surface area contributed by atoms with E-state index in [4.69, 9.17) is 11.5 Å². The Bertz CT molecular complexity index is 894. The first-order valence-electron chi connectivity index (χ1n) is 11.3. The van der Waals surface area contributed by atoms with E-state index in [9.17, 15) is 34.2 Å². The van der Waals surface area contributed by atoms with Crippen LogP contribution in [-0.4, -0.2) is 70.1 Å². The maximum Gasteiger partial charge on any atom is 0.326 e. The number of carboxylic acids is 1. The van der Waals surface area contributed by atoms with Crippen molar-refractivity contribution in [2.45, 2.75) is 70.3 Å². The summed E-state index contributed by atoms with van der Waals surface area (Å²) < 4.78 is 0. The van der Waals surface area contributed by atoms with Crippen molar-refractivity contribution in [3.8, 4) is 0 Å². The standard InChI is InChI=1S/C23H35N5O7/c1-4-12(2)18(21(32)26-16(23(34)35)11-17(25)30)27-22(33)19(13(3)29)28-20(31)15(24)10-14-8-6-5-7-9-14/h5-9,12-13,15-16,18-19,29H,4,10-11,24H2,1-3H3,(H2,25,30)(H,26,32)(H,27,33)(H,28,31)(H,34,35). The van der Waals surface area contributed by atoms with E-state index in [1.807, 2.05) is 6.07 Å². The molecule has 0 bridgehead atoms. The van der Waals surface area contributed by atoms with Crippen molar-refractivity contribution in [2.24, 2.45) is 17.4 Å². The van der Waals surface area contributed by atoms with Crippen LogP contribution in [0.1, 0.15) is 39.2 Å². The van der Waals surface area contributed by atoms with Crippen LogP contribution in [0.15, 0.2) is 30.3 Å². The Hall–Kier alpha value is -3.51. The molecule has 194 valence electrons. The third kappa shape index (κ3) is 9.71. The van der Waals surface area contributed by atoms with Gasteiger partial charge in [0.2, 0.25) is 23.6 Å². The van der Waals surface area contributed by atoms with E-state index >= 15 is 0 Å². The summed E-state index contributed by atoms with van der Waals surface area (Å²) in [5, 5.41) is 26.4. The first-order chi connectivity index (χ1) is 16.4. The van der Waals surface area contributed by atoms with Gasteiger partial charge in [-0.3, -0.25) is 19.2 Å². The summed E-state index contributed by atoms with van der Waals surface area (Å²) in [6.07, 6.45) is -1.33. The monoisotopic (exact) mass is 493 g/mol. The number of aliphatic hydroxyl groups is 1. The number of carbonyl (C=O) groups is 5. The van der Waals surface area contributed by atoms with Gasteiger partial charge >= 0.3 is 5.97 Å². The molecule has 6 atom stereocenters. The molecule has 35 heavy (non-hydrogen) atoms. The summed E-state index contributed by atoms with van der Waals surface area (Å²) in [6.45, 7) is 4.70. The topological polar surface area (TPSA) is 214 Å². The summed E-state index contributed by atoms with van der Waals surface area (Å²) in [7, 11) is 0. The molecule has 0 fully saturated rings. The molecule has 0 heterocycles. The molecule has 1 aromatic rings. The highest BCUT2D eigenvalue weighted by molar-refractivity contribution is 5.95. The lowest BCUT2D eigenvalue weighted by molar-refractivity contribution is -0.144. The second kappa shape index (κ2) is 14.0. The number of benzene rings is 1. The van der Waals surface area contributed by atoms with Crippen LogP contribution in [0.25, 0.3) is 0 Å². The smallest absolute Gasteiger partial charge is 0.326 e. The van der Waals surface area contributed by atoms with E-state index in [2.05, 4.69) is 16.0 Å². The third-order valence-electron chi connectivity index (χ3n) is 5.51. The van der Waals surface area contributed by atoms with Crippen LogP contribution < -0.4 is 27.4 Å². The molecule has 0 aromatic heterocycles. The minimum atomic E-state index is -1.58. The van der Waals surface area contributed by atoms with Crippen molar-refractivity contribution in [1.82, 2.24) is 16.0 Å². The Morgan fingerprint density at radius 1 is 0.914 bits per heavy atom. The van der Waals surface area contributed by atoms with Crippen molar-refractivity contribution < 1.29 is 34.2 Å². The van der Waals surface area contributed by atoms with Crippen molar-refractivity contribution >= 4 is 29.6 Å². The summed E-state index contributed by atoms with van der Waals surface area (Å²) in [5.41, 5.74) is 11.8. The van der Waals surface area contributed by atoms with Gasteiger partial charge in [0, 0.05) is 0 Å². The zero-order chi connectivity index (χ0) is 26.7. The third-order valence-corrected chi connectivity index (χ3v) is 5.51. The average molecular weight is 494 g/mol. The van der Waals surface area contributed by atoms with E-state index < -0.39 is 72.2 Å². The van der Waals surface area contributed by atoms with Gasteiger partial charge in [-0.1, -0.05) is 50.6 Å². The van der Waals surface area contributed by atoms with Gasteiger partial charge in [-0.25, -0.2) is 4.79 Å². The molecular weight excluding hydrogens is 458 g/mol. The molecule has 0 aliphatic rings. The van der Waals surface area contributed by atoms with E-state index in [0.29, 0.717) is 6.42 Å². The lowest BCUT2D eigenvalue weighted by Gasteiger charge is -2.29. The molecule has 1 rings (SSSR count). The molecule has 0 saturated heterocycles. The number of aliphatic carboxylic acids is 1. The highest BCUT2D eigenvalue weighted by Gasteiger charge is 2.34. The Balaban J connectivity index is 2.95. The lowest BCUT2D eigenvalue weighted by atomic mass is 9.97. The quantitative estimate of drug-likeness (QED) is 0.160. The summed E-state index contributed by atoms with van der Waals surface area (Å²) >= 11 is 0. The van der Waals surface area contributed by atoms with Crippen molar-refractivity contribution in [2.75, 3.05) is 0 Å². The second-order valence-electron chi connectivity index (χ2n) is 8.46. The fourth-order valence-corrected chi connectivity index (χ4v) is 3.23. The zero-order valence-electron chi connectivity index (χ0n) is 20.1. The van der Waals surface area contributed by atoms with Crippen LogP contribution in [0.2, 0.25) is 0 Å². The number of primary amides is 1. The van der Waals surface area contributed by atoms with Crippen molar-refractivity contribution in [3.05, 3.63) is 35.9 Å². The molecule has 0 spiro atoms. The maximum atomic E-state index is 12.9. The number of carboxylic acid groups (broad SMARTS) is 1. The van der Waals surface area contributed by atoms with Gasteiger partial charge in [0.05, 0.1) is 18.6 Å². The second-order valence-corrected chi connectivity index (χ2v) is 8.46. The maximum absolute atomic E-state index is 12.9. The van der Waals surface area contributed by atoms with E-state index in [-0.39, 0.29) is 6.42 Å². The SMILES string of the molecule is CCC(C)C(NC(=O)C(NC(=O)C(N)Cc1ccccc1)C(C)O)C(=O)NC(CC(N)=O)C(=O)O. The molecule has 12 nitrogen and oxygen atoms in total. The highest BCUT2D eigenvalue weighted by Crippen LogP contribution is 2.10. The summed E-state index contributed by atoms with van der Waals surface area (Å²) in [6, 6.07) is 3.79. The van der Waals surface area contributed by atoms with Gasteiger partial charge in [-0.05, 0) is 24.8 Å². The van der Waals surface area contributed by atoms with Crippen LogP contribution in [0.4, 0.5) is 0 Å². The minimum absolute atomic E-state index is 0.204. The van der Waals surface area contributed by atoms with E-state index in [0.717, 1.165) is 5.56 Å². The summed E-state index contributed by atoms with van der Waals surface area (Å²) in [5.74, 6) is -5.22. The van der Waals surface area contributed by atoms with Gasteiger partial charge in [0.15, 0.2) is 0 Å². The van der Waals surface area contributed by atoms with Gasteiger partial charge < -0.3 is 37.6 Å². The number of amides is 4. The fraction of sp³-hybridized carbons (Fsp3) is 0.522. The molecule has 0 radical (unpaired) electrons. The summed E-state index contributed by atoms with van der Waals surface area (Å²) in [4.78, 5) is 60.8. The largest absolute Gasteiger partial charge is 0.480 e. The fourth-order valence-electron chi connectivity index (χ4n) is 3.23. The normalized spacial score (nSPS) is 16.0. The average Bonchev–Trinajstić information content (AvgIpc) is 2.79. The number of hydrogen-bond donors (Lipinski definition) is 7. The molecule has 0 saturated carbocycles. The Labute approximate surface area is 203 Å². The Morgan fingerprint density at radius 2 is 1.46 bits per heavy atom. The van der Waals surface area contributed by atoms with Crippen LogP contribution in [0.5, 0.6) is 0 Å². The number of aliphatic hydroxyl groups excluding tert-OH is 1. The molecule has 1 aromatic carbocycles. The predicted octanol–water partition coefficient (Wildman–Crippen LogP) is -1.60. The lowest BCUT2D eigenvalue weighted by Crippen LogP contribution is -2.61. The molecule has 0 aliphatic heterocycles. The van der Waals surface area contributed by atoms with E-state index in [1.165, 1.54) is 6.92 Å². The van der Waals surface area contributed by atoms with E-state index in [1.54, 1.807) is 38.1 Å². The van der Waals surface area contributed by atoms with Crippen molar-refractivity contribution in [1.29, 1.82) is 0 Å². The van der Waals surface area contributed by atoms with Gasteiger partial charge in [-0.15, -0.1) is 0 Å². The zero-order valence-corrected chi connectivity index (χ0v) is 20.1. The first-order valence-corrected chi connectivity index (χ1v) is 11.3. The minimum Gasteiger partial charge on any atom is -0.480 e. The molecule has 9 N–H and O–H groups in total. The van der Waals surface area contributed by atoms with Gasteiger partial charge in [0.25, 0.3) is 0 Å². The van der Waals surface area contributed by atoms with Crippen LogP contribution in [0.3, 0.4) is 0 Å². The van der Waals surface area contributed by atoms with Gasteiger partial charge in [0.1, 0.15) is 18.1 Å².